The zero-order valence-electron chi connectivity index (χ0n) is 13.4. The van der Waals surface area contributed by atoms with Crippen LogP contribution in [0.2, 0.25) is 0 Å². The summed E-state index contributed by atoms with van der Waals surface area (Å²) < 4.78 is 10.1. The first-order chi connectivity index (χ1) is 13.5. The third kappa shape index (κ3) is 4.87. The second-order valence-corrected chi connectivity index (χ2v) is 14.3. The Morgan fingerprint density at radius 2 is 0.724 bits per heavy atom. The van der Waals surface area contributed by atoms with Crippen molar-refractivity contribution in [2.24, 2.45) is 0 Å². The second kappa shape index (κ2) is 10.7. The van der Waals surface area contributed by atoms with Crippen molar-refractivity contribution >= 4 is 175 Å². The van der Waals surface area contributed by atoms with Gasteiger partial charge in [0.2, 0.25) is 0 Å². The summed E-state index contributed by atoms with van der Waals surface area (Å²) in [5.41, 5.74) is 4.03. The van der Waals surface area contributed by atoms with E-state index in [4.69, 9.17) is 0 Å². The zero-order valence-corrected chi connectivity index (χ0v) is 30.8. The molecule has 0 bridgehead atoms. The number of halogens is 11. The van der Waals surface area contributed by atoms with Gasteiger partial charge in [0.25, 0.3) is 0 Å². The molecule has 0 spiro atoms. The van der Waals surface area contributed by atoms with Crippen molar-refractivity contribution in [2.45, 2.75) is 0 Å². The van der Waals surface area contributed by atoms with Gasteiger partial charge in [-0.1, -0.05) is 12.1 Å². The van der Waals surface area contributed by atoms with E-state index in [-0.39, 0.29) is 0 Å². The van der Waals surface area contributed by atoms with Crippen LogP contribution in [0.15, 0.2) is 67.4 Å². The molecule has 3 aromatic carbocycles. The minimum absolute atomic E-state index is 0.906. The van der Waals surface area contributed by atoms with Gasteiger partial charge in [-0.15, -0.1) is 0 Å². The molecule has 0 nitrogen and oxygen atoms in total. The Hall–Kier alpha value is 2.94. The van der Waals surface area contributed by atoms with E-state index in [1.807, 2.05) is 12.1 Å². The van der Waals surface area contributed by atoms with Gasteiger partial charge in [-0.25, -0.2) is 0 Å². The lowest BCUT2D eigenvalue weighted by Crippen LogP contribution is -1.96. The van der Waals surface area contributed by atoms with Crippen molar-refractivity contribution in [3.8, 4) is 22.3 Å². The van der Waals surface area contributed by atoms with Crippen molar-refractivity contribution in [3.63, 3.8) is 0 Å². The fraction of sp³-hybridized carbons (Fsp3) is 0. The molecule has 0 atom stereocenters. The van der Waals surface area contributed by atoms with Crippen LogP contribution in [0.1, 0.15) is 0 Å². The maximum Gasteiger partial charge on any atom is 0.0482 e. The van der Waals surface area contributed by atoms with Crippen molar-refractivity contribution in [1.29, 1.82) is 0 Å². The van der Waals surface area contributed by atoms with Crippen molar-refractivity contribution in [1.82, 2.24) is 0 Å². The summed E-state index contributed by atoms with van der Waals surface area (Å²) in [4.78, 5) is 0. The van der Waals surface area contributed by atoms with E-state index in [9.17, 15) is 0 Å². The summed E-state index contributed by atoms with van der Waals surface area (Å²) in [6.07, 6.45) is 0. The Kier molecular flexibility index (Phi) is 9.78. The van der Waals surface area contributed by atoms with Crippen LogP contribution in [0.4, 0.5) is 0 Å². The van der Waals surface area contributed by atoms with Gasteiger partial charge in [0, 0.05) is 65.9 Å². The molecule has 0 saturated heterocycles. The Balaban J connectivity index is 2.61. The SMILES string of the molecule is Brc1cccc(-c2c(Br)c(Br)c(Br)c(Br)c2-c2c(Br)c(Br)c(Br)c(Br)c2Br)c1Br. The normalized spacial score (nSPS) is 11.3. The van der Waals surface area contributed by atoms with Gasteiger partial charge in [-0.05, 0) is 187 Å². The molecule has 0 radical (unpaired) electrons. The number of hydrogen-bond donors (Lipinski definition) is 0. The Labute approximate surface area is 260 Å². The standard InChI is InChI=1S/C18H3Br11/c19-5-3-1-2-4(9(5)20)6-7(11(22)15(26)14(25)10(6)21)8-12(23)16(27)18(29)17(28)13(8)24/h1-3H. The van der Waals surface area contributed by atoms with Crippen molar-refractivity contribution in [2.75, 3.05) is 0 Å². The molecule has 0 unspecified atom stereocenters. The second-order valence-electron chi connectivity index (χ2n) is 5.55. The molecule has 3 aromatic rings. The molecule has 0 aromatic heterocycles. The molecular formula is C18H3Br11. The van der Waals surface area contributed by atoms with Crippen LogP contribution in [0.25, 0.3) is 22.3 Å². The Morgan fingerprint density at radius 3 is 1.21 bits per heavy atom. The number of benzene rings is 3. The summed E-state index contributed by atoms with van der Waals surface area (Å²) in [5.74, 6) is 0. The fourth-order valence-electron chi connectivity index (χ4n) is 2.64. The van der Waals surface area contributed by atoms with Gasteiger partial charge in [-0.3, -0.25) is 0 Å². The maximum absolute atomic E-state index is 3.82. The molecule has 29 heavy (non-hydrogen) atoms. The van der Waals surface area contributed by atoms with Gasteiger partial charge in [0.05, 0.1) is 0 Å². The Morgan fingerprint density at radius 1 is 0.345 bits per heavy atom. The summed E-state index contributed by atoms with van der Waals surface area (Å²) in [5, 5.41) is 0. The molecule has 0 N–H and O–H groups in total. The molecular weight excluding hydrogens is 1100 g/mol. The van der Waals surface area contributed by atoms with Gasteiger partial charge in [0.15, 0.2) is 0 Å². The highest BCUT2D eigenvalue weighted by molar-refractivity contribution is 9.16. The molecule has 0 saturated carbocycles. The highest BCUT2D eigenvalue weighted by atomic mass is 79.9. The smallest absolute Gasteiger partial charge is 0.0482 e. The molecule has 0 aliphatic rings. The summed E-state index contributed by atoms with van der Waals surface area (Å²) in [6.45, 7) is 0. The lowest BCUT2D eigenvalue weighted by atomic mass is 9.94. The molecule has 0 fully saturated rings. The van der Waals surface area contributed by atoms with Crippen LogP contribution in [0.5, 0.6) is 0 Å². The van der Waals surface area contributed by atoms with Crippen molar-refractivity contribution < 1.29 is 0 Å². The van der Waals surface area contributed by atoms with Gasteiger partial charge in [-0.2, -0.15) is 0 Å². The summed E-state index contributed by atoms with van der Waals surface area (Å²) in [6, 6.07) is 6.10. The molecule has 3 rings (SSSR count). The topological polar surface area (TPSA) is 0 Å². The molecule has 11 heteroatoms. The van der Waals surface area contributed by atoms with Crippen LogP contribution in [0.3, 0.4) is 0 Å². The van der Waals surface area contributed by atoms with Crippen LogP contribution >= 0.6 is 175 Å². The predicted octanol–water partition coefficient (Wildman–Crippen LogP) is 13.4. The first-order valence-corrected chi connectivity index (χ1v) is 16.0. The average molecular weight is 1100 g/mol. The number of hydrogen-bond acceptors (Lipinski definition) is 0. The van der Waals surface area contributed by atoms with Gasteiger partial charge >= 0.3 is 0 Å². The van der Waals surface area contributed by atoms with Crippen LogP contribution in [0, 0.1) is 0 Å². The van der Waals surface area contributed by atoms with Crippen LogP contribution in [-0.4, -0.2) is 0 Å². The fourth-order valence-corrected chi connectivity index (χ4v) is 9.44. The third-order valence-electron chi connectivity index (χ3n) is 3.95. The lowest BCUT2D eigenvalue weighted by molar-refractivity contribution is 1.40. The van der Waals surface area contributed by atoms with E-state index in [2.05, 4.69) is 181 Å². The summed E-state index contributed by atoms with van der Waals surface area (Å²) in [7, 11) is 0. The molecule has 0 heterocycles. The maximum atomic E-state index is 3.82. The van der Waals surface area contributed by atoms with Crippen LogP contribution in [-0.2, 0) is 0 Å². The average Bonchev–Trinajstić information content (AvgIpc) is 2.70. The highest BCUT2D eigenvalue weighted by Gasteiger charge is 2.28. The molecule has 0 aliphatic carbocycles. The molecule has 0 amide bonds. The number of rotatable bonds is 2. The monoisotopic (exact) mass is 1090 g/mol. The molecule has 0 aliphatic heterocycles. The minimum atomic E-state index is 0.906. The summed E-state index contributed by atoms with van der Waals surface area (Å²) >= 11 is 41.0. The Bertz CT molecular complexity index is 1140. The quantitative estimate of drug-likeness (QED) is 0.177. The predicted molar refractivity (Wildman–Crippen MR) is 162 cm³/mol. The largest absolute Gasteiger partial charge is 0.0604 e. The first kappa shape index (κ1) is 26.5. The third-order valence-corrected chi connectivity index (χ3v) is 16.9. The lowest BCUT2D eigenvalue weighted by Gasteiger charge is -2.22. The van der Waals surface area contributed by atoms with E-state index >= 15 is 0 Å². The van der Waals surface area contributed by atoms with Crippen molar-refractivity contribution in [3.05, 3.63) is 67.4 Å². The first-order valence-electron chi connectivity index (χ1n) is 7.32. The highest BCUT2D eigenvalue weighted by Crippen LogP contribution is 2.57. The van der Waals surface area contributed by atoms with E-state index < -0.39 is 0 Å². The van der Waals surface area contributed by atoms with E-state index in [1.165, 1.54) is 0 Å². The molecule has 152 valence electrons. The van der Waals surface area contributed by atoms with E-state index in [1.54, 1.807) is 0 Å². The minimum Gasteiger partial charge on any atom is -0.0604 e. The van der Waals surface area contributed by atoms with E-state index in [0.29, 0.717) is 0 Å². The zero-order chi connectivity index (χ0) is 21.8. The van der Waals surface area contributed by atoms with E-state index in [0.717, 1.165) is 71.5 Å². The van der Waals surface area contributed by atoms with Crippen LogP contribution < -0.4 is 0 Å². The van der Waals surface area contributed by atoms with Gasteiger partial charge in [0.1, 0.15) is 0 Å². The van der Waals surface area contributed by atoms with Gasteiger partial charge < -0.3 is 0 Å².